The summed E-state index contributed by atoms with van der Waals surface area (Å²) in [6.45, 7) is 14.3. The lowest BCUT2D eigenvalue weighted by atomic mass is 10.1. The number of piperazine rings is 1. The molecule has 0 aromatic carbocycles. The second-order valence-electron chi connectivity index (χ2n) is 6.48. The summed E-state index contributed by atoms with van der Waals surface area (Å²) in [7, 11) is 0. The van der Waals surface area contributed by atoms with E-state index >= 15 is 0 Å². The van der Waals surface area contributed by atoms with Crippen LogP contribution in [0.3, 0.4) is 0 Å². The molecule has 1 N–H and O–H groups in total. The lowest BCUT2D eigenvalue weighted by Crippen LogP contribution is -2.61. The maximum absolute atomic E-state index is 12.1. The Hall–Kier alpha value is -1.11. The minimum Gasteiger partial charge on any atom is -0.444 e. The fraction of sp³-hybridized carbons (Fsp3) is 0.800. The molecule has 1 heterocycles. The molecule has 1 aliphatic rings. The highest BCUT2D eigenvalue weighted by Crippen LogP contribution is 2.20. The zero-order chi connectivity index (χ0) is 16.2. The van der Waals surface area contributed by atoms with Crippen LogP contribution in [0.5, 0.6) is 0 Å². The van der Waals surface area contributed by atoms with Crippen LogP contribution < -0.4 is 0 Å². The van der Waals surface area contributed by atoms with Crippen molar-refractivity contribution in [2.75, 3.05) is 19.7 Å². The molecule has 21 heavy (non-hydrogen) atoms. The number of hydrogen-bond acceptors (Lipinski definition) is 5. The van der Waals surface area contributed by atoms with Crippen molar-refractivity contribution in [3.8, 4) is 0 Å². The number of aliphatic hydroxyl groups excluding tert-OH is 1. The van der Waals surface area contributed by atoms with Gasteiger partial charge in [0, 0.05) is 25.2 Å². The van der Waals surface area contributed by atoms with Crippen molar-refractivity contribution < 1.29 is 19.4 Å². The van der Waals surface area contributed by atoms with Gasteiger partial charge >= 0.3 is 6.09 Å². The summed E-state index contributed by atoms with van der Waals surface area (Å²) in [5.74, 6) is 0. The number of rotatable bonds is 4. The summed E-state index contributed by atoms with van der Waals surface area (Å²) >= 11 is 0. The normalized spacial score (nSPS) is 25.5. The second kappa shape index (κ2) is 7.24. The fourth-order valence-electron chi connectivity index (χ4n) is 2.49. The van der Waals surface area contributed by atoms with Crippen LogP contribution in [0.2, 0.25) is 0 Å². The third-order valence-corrected chi connectivity index (χ3v) is 3.26. The van der Waals surface area contributed by atoms with Crippen molar-refractivity contribution in [3.05, 3.63) is 12.7 Å². The molecule has 0 radical (unpaired) electrons. The third-order valence-electron chi connectivity index (χ3n) is 3.26. The summed E-state index contributed by atoms with van der Waals surface area (Å²) in [6, 6.07) is -0.0535. The zero-order valence-electron chi connectivity index (χ0n) is 13.7. The minimum atomic E-state index is -0.992. The first-order valence-electron chi connectivity index (χ1n) is 7.31. The summed E-state index contributed by atoms with van der Waals surface area (Å²) in [4.78, 5) is 15.7. The molecule has 1 fully saturated rings. The van der Waals surface area contributed by atoms with Gasteiger partial charge in [-0.1, -0.05) is 6.08 Å². The molecule has 3 atom stereocenters. The van der Waals surface area contributed by atoms with Gasteiger partial charge < -0.3 is 19.5 Å². The number of carbonyl (C=O) groups excluding carboxylic acids is 1. The maximum atomic E-state index is 12.1. The summed E-state index contributed by atoms with van der Waals surface area (Å²) < 4.78 is 10.7. The highest BCUT2D eigenvalue weighted by molar-refractivity contribution is 5.68. The number of amides is 1. The molecule has 1 saturated heterocycles. The van der Waals surface area contributed by atoms with E-state index in [0.29, 0.717) is 13.1 Å². The van der Waals surface area contributed by atoms with Gasteiger partial charge in [-0.25, -0.2) is 9.69 Å². The van der Waals surface area contributed by atoms with Crippen LogP contribution in [0.1, 0.15) is 34.6 Å². The first-order valence-corrected chi connectivity index (χ1v) is 7.31. The molecule has 0 aromatic rings. The number of nitrogens with zero attached hydrogens (tertiary/aromatic N) is 2. The van der Waals surface area contributed by atoms with E-state index in [1.54, 1.807) is 11.0 Å². The molecule has 122 valence electrons. The molecule has 6 heteroatoms. The fourth-order valence-corrected chi connectivity index (χ4v) is 2.49. The molecule has 1 unspecified atom stereocenters. The molecular weight excluding hydrogens is 272 g/mol. The maximum Gasteiger partial charge on any atom is 0.410 e. The Morgan fingerprint density at radius 3 is 2.33 bits per heavy atom. The van der Waals surface area contributed by atoms with E-state index < -0.39 is 12.0 Å². The van der Waals surface area contributed by atoms with Crippen molar-refractivity contribution in [2.24, 2.45) is 0 Å². The average Bonchev–Trinajstić information content (AvgIpc) is 2.33. The van der Waals surface area contributed by atoms with Gasteiger partial charge in [0.1, 0.15) is 5.60 Å². The van der Waals surface area contributed by atoms with E-state index in [1.807, 2.05) is 39.5 Å². The molecule has 0 bridgehead atoms. The van der Waals surface area contributed by atoms with Gasteiger partial charge in [-0.2, -0.15) is 0 Å². The Bertz CT molecular complexity index is 355. The largest absolute Gasteiger partial charge is 0.444 e. The summed E-state index contributed by atoms with van der Waals surface area (Å²) in [5, 5.41) is 10.1. The van der Waals surface area contributed by atoms with Crippen LogP contribution in [0, 0.1) is 0 Å². The topological polar surface area (TPSA) is 62.2 Å². The first kappa shape index (κ1) is 17.9. The Morgan fingerprint density at radius 2 is 1.90 bits per heavy atom. The SMILES string of the molecule is C=CCOC(O)N1[C@H](C)CN(C(=O)OC(C)(C)C)C[C@@H]1C. The number of hydrogen-bond donors (Lipinski definition) is 1. The molecule has 1 rings (SSSR count). The Balaban J connectivity index is 2.64. The highest BCUT2D eigenvalue weighted by atomic mass is 16.6. The van der Waals surface area contributed by atoms with Crippen molar-refractivity contribution in [1.82, 2.24) is 9.80 Å². The van der Waals surface area contributed by atoms with E-state index in [-0.39, 0.29) is 24.8 Å². The third kappa shape index (κ3) is 5.30. The summed E-state index contributed by atoms with van der Waals surface area (Å²) in [6.07, 6.45) is 0.284. The molecule has 1 aliphatic heterocycles. The van der Waals surface area contributed by atoms with Gasteiger partial charge in [-0.05, 0) is 34.6 Å². The van der Waals surface area contributed by atoms with E-state index in [4.69, 9.17) is 9.47 Å². The zero-order valence-corrected chi connectivity index (χ0v) is 13.7. The molecule has 6 nitrogen and oxygen atoms in total. The molecule has 0 aliphatic carbocycles. The van der Waals surface area contributed by atoms with Gasteiger partial charge in [0.05, 0.1) is 6.61 Å². The van der Waals surface area contributed by atoms with Gasteiger partial charge in [0.15, 0.2) is 0 Å². The van der Waals surface area contributed by atoms with Gasteiger partial charge in [-0.15, -0.1) is 6.58 Å². The smallest absolute Gasteiger partial charge is 0.410 e. The number of carbonyl (C=O) groups is 1. The lowest BCUT2D eigenvalue weighted by molar-refractivity contribution is -0.220. The van der Waals surface area contributed by atoms with E-state index in [0.717, 1.165) is 0 Å². The molecule has 1 amide bonds. The lowest BCUT2D eigenvalue weighted by Gasteiger charge is -2.45. The Kier molecular flexibility index (Phi) is 6.19. The molecule has 0 saturated carbocycles. The number of aliphatic hydroxyl groups is 1. The van der Waals surface area contributed by atoms with E-state index in [1.165, 1.54) is 0 Å². The standard InChI is InChI=1S/C15H28N2O4/c1-7-8-20-14(19)17-11(2)9-16(10-12(17)3)13(18)21-15(4,5)6/h7,11-12,14,19H,1,8-10H2,2-6H3/t11-,12+,14?. The minimum absolute atomic E-state index is 0.0268. The van der Waals surface area contributed by atoms with E-state index in [2.05, 4.69) is 6.58 Å². The second-order valence-corrected chi connectivity index (χ2v) is 6.48. The average molecular weight is 300 g/mol. The van der Waals surface area contributed by atoms with Crippen molar-refractivity contribution in [1.29, 1.82) is 0 Å². The molecular formula is C15H28N2O4. The van der Waals surface area contributed by atoms with Gasteiger partial charge in [-0.3, -0.25) is 0 Å². The quantitative estimate of drug-likeness (QED) is 0.633. The van der Waals surface area contributed by atoms with Crippen LogP contribution in [0.4, 0.5) is 4.79 Å². The first-order chi connectivity index (χ1) is 9.65. The monoisotopic (exact) mass is 300 g/mol. The van der Waals surface area contributed by atoms with Crippen LogP contribution in [-0.4, -0.2) is 64.8 Å². The Labute approximate surface area is 127 Å². The van der Waals surface area contributed by atoms with E-state index in [9.17, 15) is 9.90 Å². The van der Waals surface area contributed by atoms with Crippen molar-refractivity contribution in [3.63, 3.8) is 0 Å². The Morgan fingerprint density at radius 1 is 1.38 bits per heavy atom. The van der Waals surface area contributed by atoms with Gasteiger partial charge in [0.2, 0.25) is 6.41 Å². The van der Waals surface area contributed by atoms with Crippen LogP contribution >= 0.6 is 0 Å². The highest BCUT2D eigenvalue weighted by Gasteiger charge is 2.37. The number of ether oxygens (including phenoxy) is 2. The van der Waals surface area contributed by atoms with Crippen molar-refractivity contribution in [2.45, 2.75) is 58.7 Å². The molecule has 0 aromatic heterocycles. The van der Waals surface area contributed by atoms with Crippen LogP contribution in [-0.2, 0) is 9.47 Å². The van der Waals surface area contributed by atoms with Crippen LogP contribution in [0.15, 0.2) is 12.7 Å². The predicted molar refractivity (Wildman–Crippen MR) is 80.7 cm³/mol. The van der Waals surface area contributed by atoms with Crippen LogP contribution in [0.25, 0.3) is 0 Å². The van der Waals surface area contributed by atoms with Crippen molar-refractivity contribution >= 4 is 6.09 Å². The molecule has 0 spiro atoms. The van der Waals surface area contributed by atoms with Gasteiger partial charge in [0.25, 0.3) is 0 Å². The predicted octanol–water partition coefficient (Wildman–Crippen LogP) is 1.79. The summed E-state index contributed by atoms with van der Waals surface area (Å²) in [5.41, 5.74) is -0.507.